The summed E-state index contributed by atoms with van der Waals surface area (Å²) >= 11 is 0. The largest absolute Gasteiger partial charge is 0.490 e. The zero-order chi connectivity index (χ0) is 17.9. The second-order valence-electron chi connectivity index (χ2n) is 5.31. The summed E-state index contributed by atoms with van der Waals surface area (Å²) in [6, 6.07) is 19.6. The van der Waals surface area contributed by atoms with Crippen LogP contribution in [0.5, 0.6) is 0 Å². The number of carbonyl (C=O) groups excluding carboxylic acids is 1. The molecule has 0 bridgehead atoms. The lowest BCUT2D eigenvalue weighted by Gasteiger charge is -2.13. The molecule has 25 heavy (non-hydrogen) atoms. The average Bonchev–Trinajstić information content (AvgIpc) is 2.68. The molecule has 2 aromatic rings. The Kier molecular flexibility index (Phi) is 7.19. The van der Waals surface area contributed by atoms with Crippen LogP contribution in [0.4, 0.5) is 0 Å². The van der Waals surface area contributed by atoms with Gasteiger partial charge in [-0.1, -0.05) is 60.7 Å². The fraction of sp³-hybridized carbons (Fsp3) is 0.143. The number of aliphatic imine (C=N–C) groups is 1. The number of allylic oxidation sites excluding steroid dienone is 3. The lowest BCUT2D eigenvalue weighted by Crippen LogP contribution is -2.00. The van der Waals surface area contributed by atoms with Crippen LogP contribution in [0, 0.1) is 0 Å². The SMILES string of the molecule is C=N/C(C=O)=C\C(OCc1ccccc1)=C(/C)OCc1ccccc1. The first-order valence-corrected chi connectivity index (χ1v) is 7.91. The Morgan fingerprint density at radius 2 is 1.48 bits per heavy atom. The average molecular weight is 335 g/mol. The van der Waals surface area contributed by atoms with E-state index in [9.17, 15) is 4.79 Å². The van der Waals surface area contributed by atoms with E-state index in [2.05, 4.69) is 11.7 Å². The molecule has 128 valence electrons. The molecular weight excluding hydrogens is 314 g/mol. The molecule has 4 nitrogen and oxygen atoms in total. The van der Waals surface area contributed by atoms with Crippen molar-refractivity contribution in [2.45, 2.75) is 20.1 Å². The summed E-state index contributed by atoms with van der Waals surface area (Å²) in [6.07, 6.45) is 2.16. The van der Waals surface area contributed by atoms with Gasteiger partial charge in [0.25, 0.3) is 0 Å². The van der Waals surface area contributed by atoms with Crippen LogP contribution in [0.3, 0.4) is 0 Å². The molecule has 0 radical (unpaired) electrons. The van der Waals surface area contributed by atoms with Crippen molar-refractivity contribution in [3.8, 4) is 0 Å². The van der Waals surface area contributed by atoms with E-state index in [-0.39, 0.29) is 5.70 Å². The predicted molar refractivity (Wildman–Crippen MR) is 98.9 cm³/mol. The van der Waals surface area contributed by atoms with Crippen LogP contribution in [0.1, 0.15) is 18.1 Å². The van der Waals surface area contributed by atoms with Crippen molar-refractivity contribution in [3.63, 3.8) is 0 Å². The molecule has 0 heterocycles. The number of nitrogens with zero attached hydrogens (tertiary/aromatic N) is 1. The van der Waals surface area contributed by atoms with E-state index < -0.39 is 0 Å². The monoisotopic (exact) mass is 335 g/mol. The Labute approximate surface area is 148 Å². The minimum Gasteiger partial charge on any atom is -0.490 e. The fourth-order valence-electron chi connectivity index (χ4n) is 2.07. The van der Waals surface area contributed by atoms with Gasteiger partial charge in [0.05, 0.1) is 0 Å². The lowest BCUT2D eigenvalue weighted by atomic mass is 10.2. The normalized spacial score (nSPS) is 12.1. The van der Waals surface area contributed by atoms with E-state index in [1.165, 1.54) is 6.08 Å². The third-order valence-corrected chi connectivity index (χ3v) is 3.46. The van der Waals surface area contributed by atoms with Crippen molar-refractivity contribution in [2.75, 3.05) is 0 Å². The van der Waals surface area contributed by atoms with Crippen LogP contribution in [0.25, 0.3) is 0 Å². The Balaban J connectivity index is 2.14. The number of aldehydes is 1. The summed E-state index contributed by atoms with van der Waals surface area (Å²) in [6.45, 7) is 5.96. The maximum atomic E-state index is 11.0. The smallest absolute Gasteiger partial charge is 0.168 e. The molecule has 0 fully saturated rings. The molecule has 0 N–H and O–H groups in total. The molecule has 4 heteroatoms. The molecule has 0 aliphatic rings. The van der Waals surface area contributed by atoms with Gasteiger partial charge in [-0.05, 0) is 24.8 Å². The van der Waals surface area contributed by atoms with Crippen molar-refractivity contribution in [2.24, 2.45) is 4.99 Å². The molecule has 0 aliphatic carbocycles. The van der Waals surface area contributed by atoms with Gasteiger partial charge in [0.1, 0.15) is 24.7 Å². The molecule has 2 aromatic carbocycles. The zero-order valence-electron chi connectivity index (χ0n) is 14.2. The third kappa shape index (κ3) is 6.11. The lowest BCUT2D eigenvalue weighted by molar-refractivity contribution is -0.104. The van der Waals surface area contributed by atoms with Gasteiger partial charge in [0.2, 0.25) is 0 Å². The molecule has 0 atom stereocenters. The highest BCUT2D eigenvalue weighted by Crippen LogP contribution is 2.16. The number of hydrogen-bond acceptors (Lipinski definition) is 4. The van der Waals surface area contributed by atoms with Crippen LogP contribution in [0.15, 0.2) is 88.9 Å². The number of carbonyl (C=O) groups is 1. The van der Waals surface area contributed by atoms with Gasteiger partial charge in [-0.15, -0.1) is 0 Å². The van der Waals surface area contributed by atoms with Gasteiger partial charge < -0.3 is 9.47 Å². The Hall–Kier alpha value is -3.14. The highest BCUT2D eigenvalue weighted by atomic mass is 16.5. The molecule has 0 saturated carbocycles. The molecule has 0 unspecified atom stereocenters. The van der Waals surface area contributed by atoms with E-state index in [4.69, 9.17) is 9.47 Å². The van der Waals surface area contributed by atoms with E-state index in [1.54, 1.807) is 6.92 Å². The minimum absolute atomic E-state index is 0.186. The van der Waals surface area contributed by atoms with Crippen LogP contribution in [-0.2, 0) is 27.5 Å². The Morgan fingerprint density at radius 3 is 1.96 bits per heavy atom. The van der Waals surface area contributed by atoms with Crippen LogP contribution < -0.4 is 0 Å². The van der Waals surface area contributed by atoms with Gasteiger partial charge in [-0.3, -0.25) is 9.79 Å². The van der Waals surface area contributed by atoms with Gasteiger partial charge in [0.15, 0.2) is 12.0 Å². The first-order valence-electron chi connectivity index (χ1n) is 7.91. The first kappa shape index (κ1) is 18.2. The number of rotatable bonds is 9. The van der Waals surface area contributed by atoms with E-state index in [0.717, 1.165) is 11.1 Å². The first-order chi connectivity index (χ1) is 12.2. The Bertz CT molecular complexity index is 739. The van der Waals surface area contributed by atoms with E-state index in [0.29, 0.717) is 31.0 Å². The molecule has 0 amide bonds. The summed E-state index contributed by atoms with van der Waals surface area (Å²) in [5.41, 5.74) is 2.25. The molecule has 0 aliphatic heterocycles. The summed E-state index contributed by atoms with van der Waals surface area (Å²) in [4.78, 5) is 14.7. The second kappa shape index (κ2) is 9.88. The van der Waals surface area contributed by atoms with Gasteiger partial charge >= 0.3 is 0 Å². The zero-order valence-corrected chi connectivity index (χ0v) is 14.2. The molecule has 2 rings (SSSR count). The van der Waals surface area contributed by atoms with Gasteiger partial charge in [-0.2, -0.15) is 0 Å². The number of hydrogen-bond donors (Lipinski definition) is 0. The standard InChI is InChI=1S/C21H21NO3/c1-17(24-15-18-9-5-3-6-10-18)21(13-20(14-23)22-2)25-16-19-11-7-4-8-12-19/h3-14H,2,15-16H2,1H3/b20-13-,21-17-. The summed E-state index contributed by atoms with van der Waals surface area (Å²) < 4.78 is 11.6. The third-order valence-electron chi connectivity index (χ3n) is 3.46. The molecule has 0 aromatic heterocycles. The maximum Gasteiger partial charge on any atom is 0.168 e. The second-order valence-corrected chi connectivity index (χ2v) is 5.31. The Morgan fingerprint density at radius 1 is 0.960 bits per heavy atom. The van der Waals surface area contributed by atoms with Crippen molar-refractivity contribution >= 4 is 13.0 Å². The quantitative estimate of drug-likeness (QED) is 0.224. The van der Waals surface area contributed by atoms with Crippen molar-refractivity contribution in [1.82, 2.24) is 0 Å². The molecule has 0 spiro atoms. The van der Waals surface area contributed by atoms with Crippen molar-refractivity contribution < 1.29 is 14.3 Å². The summed E-state index contributed by atoms with van der Waals surface area (Å²) in [5.74, 6) is 1.03. The van der Waals surface area contributed by atoms with E-state index in [1.807, 2.05) is 60.7 Å². The topological polar surface area (TPSA) is 47.9 Å². The van der Waals surface area contributed by atoms with Crippen molar-refractivity contribution in [1.29, 1.82) is 0 Å². The molecular formula is C21H21NO3. The van der Waals surface area contributed by atoms with Crippen LogP contribution in [0.2, 0.25) is 0 Å². The highest BCUT2D eigenvalue weighted by molar-refractivity contribution is 5.74. The highest BCUT2D eigenvalue weighted by Gasteiger charge is 2.06. The fourth-order valence-corrected chi connectivity index (χ4v) is 2.07. The van der Waals surface area contributed by atoms with E-state index >= 15 is 0 Å². The minimum atomic E-state index is 0.186. The van der Waals surface area contributed by atoms with Gasteiger partial charge in [0, 0.05) is 6.08 Å². The van der Waals surface area contributed by atoms with Crippen LogP contribution >= 0.6 is 0 Å². The summed E-state index contributed by atoms with van der Waals surface area (Å²) in [5, 5.41) is 0. The number of benzene rings is 2. The number of ether oxygens (including phenoxy) is 2. The predicted octanol–water partition coefficient (Wildman–Crippen LogP) is 4.43. The maximum absolute atomic E-state index is 11.0. The molecule has 0 saturated heterocycles. The summed E-state index contributed by atoms with van der Waals surface area (Å²) in [7, 11) is 0. The van der Waals surface area contributed by atoms with Crippen molar-refractivity contribution in [3.05, 3.63) is 95.1 Å². The van der Waals surface area contributed by atoms with Gasteiger partial charge in [-0.25, -0.2) is 0 Å². The van der Waals surface area contributed by atoms with Crippen LogP contribution in [-0.4, -0.2) is 13.0 Å².